The minimum atomic E-state index is -0.979. The molecule has 5 rings (SSSR count). The highest BCUT2D eigenvalue weighted by Gasteiger charge is 2.45. The number of anilines is 1. The van der Waals surface area contributed by atoms with Crippen LogP contribution in [0.15, 0.2) is 36.4 Å². The van der Waals surface area contributed by atoms with Crippen LogP contribution in [-0.2, 0) is 17.9 Å². The summed E-state index contributed by atoms with van der Waals surface area (Å²) in [5.74, 6) is -1.99. The summed E-state index contributed by atoms with van der Waals surface area (Å²) in [6.45, 7) is 2.95. The molecule has 0 spiro atoms. The monoisotopic (exact) mass is 480 g/mol. The van der Waals surface area contributed by atoms with Gasteiger partial charge in [0.2, 0.25) is 5.91 Å². The Labute approximate surface area is 203 Å². The third-order valence-electron chi connectivity index (χ3n) is 7.02. The minimum absolute atomic E-state index is 0.143. The molecule has 0 bridgehead atoms. The van der Waals surface area contributed by atoms with Gasteiger partial charge in [-0.15, -0.1) is 0 Å². The van der Waals surface area contributed by atoms with Crippen molar-refractivity contribution in [3.63, 3.8) is 0 Å². The topological polar surface area (TPSA) is 102 Å². The summed E-state index contributed by atoms with van der Waals surface area (Å²) >= 11 is 0. The second-order valence-electron chi connectivity index (χ2n) is 9.44. The maximum absolute atomic E-state index is 14.8. The molecular weight excluding hydrogens is 451 g/mol. The van der Waals surface area contributed by atoms with Crippen LogP contribution < -0.4 is 10.6 Å². The molecule has 0 aliphatic carbocycles. The smallest absolute Gasteiger partial charge is 0.264 e. The first-order valence-electron chi connectivity index (χ1n) is 12.2. The lowest BCUT2D eigenvalue weighted by Crippen LogP contribution is -2.55. The molecule has 3 amide bonds. The number of nitrogens with zero attached hydrogens (tertiary/aromatic N) is 2. The summed E-state index contributed by atoms with van der Waals surface area (Å²) in [6, 6.07) is 9.14. The Morgan fingerprint density at radius 3 is 2.57 bits per heavy atom. The van der Waals surface area contributed by atoms with Gasteiger partial charge < -0.3 is 15.7 Å². The molecule has 0 radical (unpaired) electrons. The molecule has 0 saturated carbocycles. The molecule has 2 saturated heterocycles. The van der Waals surface area contributed by atoms with Gasteiger partial charge in [0.15, 0.2) is 0 Å². The molecular formula is C26H29FN4O4. The van der Waals surface area contributed by atoms with Crippen molar-refractivity contribution in [3.05, 3.63) is 64.5 Å². The van der Waals surface area contributed by atoms with Crippen LogP contribution in [0.4, 0.5) is 10.1 Å². The minimum Gasteiger partial charge on any atom is -0.380 e. The molecule has 0 aromatic heterocycles. The van der Waals surface area contributed by atoms with E-state index in [1.807, 2.05) is 6.07 Å². The molecule has 9 heteroatoms. The Morgan fingerprint density at radius 2 is 1.83 bits per heavy atom. The highest BCUT2D eigenvalue weighted by Crippen LogP contribution is 2.33. The van der Waals surface area contributed by atoms with Gasteiger partial charge in [-0.05, 0) is 62.5 Å². The number of rotatable bonds is 6. The molecule has 2 aromatic carbocycles. The lowest BCUT2D eigenvalue weighted by Gasteiger charge is -2.31. The first-order valence-corrected chi connectivity index (χ1v) is 12.2. The second-order valence-corrected chi connectivity index (χ2v) is 9.44. The average Bonchev–Trinajstić information content (AvgIpc) is 3.10. The lowest BCUT2D eigenvalue weighted by molar-refractivity contribution is -0.131. The van der Waals surface area contributed by atoms with E-state index >= 15 is 0 Å². The van der Waals surface area contributed by atoms with Crippen molar-refractivity contribution in [3.8, 4) is 0 Å². The van der Waals surface area contributed by atoms with E-state index in [-0.39, 0.29) is 36.3 Å². The molecule has 2 fully saturated rings. The fraction of sp³-hybridized carbons (Fsp3) is 0.423. The fourth-order valence-corrected chi connectivity index (χ4v) is 5.16. The number of hydrogen-bond donors (Lipinski definition) is 3. The van der Waals surface area contributed by atoms with Gasteiger partial charge in [-0.25, -0.2) is 4.39 Å². The number of hydrogen-bond acceptors (Lipinski definition) is 6. The van der Waals surface area contributed by atoms with Gasteiger partial charge in [0.25, 0.3) is 11.8 Å². The number of carbonyl (C=O) groups excluding carboxylic acids is 3. The van der Waals surface area contributed by atoms with E-state index in [2.05, 4.69) is 15.5 Å². The average molecular weight is 481 g/mol. The van der Waals surface area contributed by atoms with Crippen LogP contribution >= 0.6 is 0 Å². The van der Waals surface area contributed by atoms with E-state index in [1.165, 1.54) is 19.3 Å². The van der Waals surface area contributed by atoms with Crippen LogP contribution in [0.3, 0.4) is 0 Å². The summed E-state index contributed by atoms with van der Waals surface area (Å²) in [5.41, 5.74) is 2.19. The molecule has 35 heavy (non-hydrogen) atoms. The van der Waals surface area contributed by atoms with Crippen molar-refractivity contribution < 1.29 is 23.9 Å². The van der Waals surface area contributed by atoms with Crippen LogP contribution in [0.1, 0.15) is 63.9 Å². The summed E-state index contributed by atoms with van der Waals surface area (Å²) in [4.78, 5) is 41.8. The highest BCUT2D eigenvalue weighted by molar-refractivity contribution is 6.25. The van der Waals surface area contributed by atoms with E-state index in [1.54, 1.807) is 30.3 Å². The van der Waals surface area contributed by atoms with E-state index in [4.69, 9.17) is 0 Å². The van der Waals surface area contributed by atoms with Gasteiger partial charge in [-0.1, -0.05) is 24.6 Å². The van der Waals surface area contributed by atoms with Gasteiger partial charge >= 0.3 is 0 Å². The Hall–Kier alpha value is -3.30. The summed E-state index contributed by atoms with van der Waals surface area (Å²) in [6.07, 6.45) is 3.07. The Bertz CT molecular complexity index is 1160. The van der Waals surface area contributed by atoms with E-state index in [0.717, 1.165) is 30.1 Å². The van der Waals surface area contributed by atoms with Crippen molar-refractivity contribution in [2.45, 2.75) is 57.5 Å². The van der Waals surface area contributed by atoms with Gasteiger partial charge in [0, 0.05) is 24.3 Å². The van der Waals surface area contributed by atoms with Gasteiger partial charge in [0.05, 0.1) is 11.1 Å². The summed E-state index contributed by atoms with van der Waals surface area (Å²) in [7, 11) is 0. The Morgan fingerprint density at radius 1 is 1.03 bits per heavy atom. The predicted octanol–water partition coefficient (Wildman–Crippen LogP) is 2.62. The van der Waals surface area contributed by atoms with E-state index in [0.29, 0.717) is 11.3 Å². The van der Waals surface area contributed by atoms with E-state index < -0.39 is 30.0 Å². The predicted molar refractivity (Wildman–Crippen MR) is 127 cm³/mol. The Balaban J connectivity index is 1.30. The zero-order valence-corrected chi connectivity index (χ0v) is 19.4. The zero-order valence-electron chi connectivity index (χ0n) is 19.4. The number of amides is 3. The number of benzene rings is 2. The lowest BCUT2D eigenvalue weighted by atomic mass is 10.0. The molecule has 3 aliphatic heterocycles. The summed E-state index contributed by atoms with van der Waals surface area (Å²) < 4.78 is 14.8. The van der Waals surface area contributed by atoms with Crippen LogP contribution in [0, 0.1) is 5.82 Å². The first kappa shape index (κ1) is 23.4. The molecule has 3 aliphatic rings. The SMILES string of the molecule is O=C1NC(O)CCC1N1C(=O)c2cccc(NCc3ccc(CN4CCCCC4)cc3F)c2C1=O. The highest BCUT2D eigenvalue weighted by atomic mass is 19.1. The molecule has 8 nitrogen and oxygen atoms in total. The van der Waals surface area contributed by atoms with Crippen molar-refractivity contribution >= 4 is 23.4 Å². The summed E-state index contributed by atoms with van der Waals surface area (Å²) in [5, 5.41) is 15.1. The number of aliphatic hydroxyl groups excluding tert-OH is 1. The van der Waals surface area contributed by atoms with Crippen LogP contribution in [-0.4, -0.2) is 58.0 Å². The number of nitrogens with one attached hydrogen (secondary N) is 2. The largest absolute Gasteiger partial charge is 0.380 e. The molecule has 3 N–H and O–H groups in total. The molecule has 2 aromatic rings. The number of piperidine rings is 2. The number of likely N-dealkylation sites (tertiary alicyclic amines) is 1. The number of carbonyl (C=O) groups is 3. The normalized spacial score (nSPS) is 22.8. The molecule has 3 heterocycles. The van der Waals surface area contributed by atoms with Crippen molar-refractivity contribution in [1.29, 1.82) is 0 Å². The quantitative estimate of drug-likeness (QED) is 0.550. The first-order chi connectivity index (χ1) is 16.9. The maximum atomic E-state index is 14.8. The molecule has 2 unspecified atom stereocenters. The third kappa shape index (κ3) is 4.66. The van der Waals surface area contributed by atoms with Crippen LogP contribution in [0.2, 0.25) is 0 Å². The van der Waals surface area contributed by atoms with Crippen molar-refractivity contribution in [1.82, 2.24) is 15.1 Å². The third-order valence-corrected chi connectivity index (χ3v) is 7.02. The van der Waals surface area contributed by atoms with Crippen molar-refractivity contribution in [2.24, 2.45) is 0 Å². The number of aliphatic hydroxyl groups is 1. The maximum Gasteiger partial charge on any atom is 0.264 e. The number of fused-ring (bicyclic) bond motifs is 1. The van der Waals surface area contributed by atoms with Gasteiger partial charge in [0.1, 0.15) is 18.1 Å². The zero-order chi connectivity index (χ0) is 24.5. The van der Waals surface area contributed by atoms with Gasteiger partial charge in [-0.3, -0.25) is 24.2 Å². The second kappa shape index (κ2) is 9.75. The molecule has 184 valence electrons. The number of halogens is 1. The van der Waals surface area contributed by atoms with Gasteiger partial charge in [-0.2, -0.15) is 0 Å². The fourth-order valence-electron chi connectivity index (χ4n) is 5.16. The number of imide groups is 1. The van der Waals surface area contributed by atoms with Crippen LogP contribution in [0.25, 0.3) is 0 Å². The van der Waals surface area contributed by atoms with Crippen molar-refractivity contribution in [2.75, 3.05) is 18.4 Å². The molecule has 2 atom stereocenters. The van der Waals surface area contributed by atoms with Crippen LogP contribution in [0.5, 0.6) is 0 Å². The Kier molecular flexibility index (Phi) is 6.53. The van der Waals surface area contributed by atoms with E-state index in [9.17, 15) is 23.9 Å². The standard InChI is InChI=1S/C26H29FN4O4/c27-19-13-16(15-30-11-2-1-3-12-30)7-8-17(19)14-28-20-6-4-5-18-23(20)26(35)31(25(18)34)21-9-10-22(32)29-24(21)33/h4-8,13,21-22,28,32H,1-3,9-12,14-15H2,(H,29,33).